The number of hydrogen-bond acceptors (Lipinski definition) is 3. The van der Waals surface area contributed by atoms with Crippen molar-refractivity contribution in [1.29, 1.82) is 0 Å². The normalized spacial score (nSPS) is 12.8. The molecule has 3 aromatic carbocycles. The molecular formula is C23H24BrNO3S. The molecule has 1 atom stereocenters. The van der Waals surface area contributed by atoms with Crippen LogP contribution in [0.4, 0.5) is 0 Å². The third-order valence-corrected chi connectivity index (χ3v) is 7.53. The fourth-order valence-corrected chi connectivity index (χ4v) is 5.20. The second kappa shape index (κ2) is 9.67. The molecule has 3 aromatic rings. The summed E-state index contributed by atoms with van der Waals surface area (Å²) in [5, 5.41) is 10.1. The average Bonchev–Trinajstić information content (AvgIpc) is 2.72. The van der Waals surface area contributed by atoms with Crippen LogP contribution >= 0.6 is 15.9 Å². The van der Waals surface area contributed by atoms with Crippen molar-refractivity contribution in [3.63, 3.8) is 0 Å². The molecule has 0 unspecified atom stereocenters. The molecule has 1 N–H and O–H groups in total. The summed E-state index contributed by atoms with van der Waals surface area (Å²) in [6, 6.07) is 23.4. The van der Waals surface area contributed by atoms with E-state index in [0.717, 1.165) is 21.2 Å². The Morgan fingerprint density at radius 3 is 2.17 bits per heavy atom. The molecule has 0 aliphatic heterocycles. The van der Waals surface area contributed by atoms with Gasteiger partial charge in [0.1, 0.15) is 0 Å². The van der Waals surface area contributed by atoms with Crippen molar-refractivity contribution >= 4 is 26.0 Å². The monoisotopic (exact) mass is 473 g/mol. The fourth-order valence-electron chi connectivity index (χ4n) is 3.19. The summed E-state index contributed by atoms with van der Waals surface area (Å²) in [6.45, 7) is 1.81. The van der Waals surface area contributed by atoms with Crippen LogP contribution in [0.2, 0.25) is 0 Å². The molecule has 0 aromatic heterocycles. The Morgan fingerprint density at radius 1 is 0.931 bits per heavy atom. The van der Waals surface area contributed by atoms with Crippen LogP contribution in [0.15, 0.2) is 88.2 Å². The molecule has 3 rings (SSSR count). The van der Waals surface area contributed by atoms with Crippen molar-refractivity contribution in [3.05, 3.63) is 100 Å². The largest absolute Gasteiger partial charge is 0.395 e. The van der Waals surface area contributed by atoms with Crippen LogP contribution in [0.1, 0.15) is 16.7 Å². The van der Waals surface area contributed by atoms with E-state index in [2.05, 4.69) is 15.9 Å². The molecule has 0 aliphatic rings. The third-order valence-electron chi connectivity index (χ3n) is 4.84. The molecule has 4 nitrogen and oxygen atoms in total. The number of nitrogens with zero attached hydrogens (tertiary/aromatic N) is 1. The van der Waals surface area contributed by atoms with Crippen molar-refractivity contribution in [2.75, 3.05) is 6.61 Å². The minimum atomic E-state index is -3.81. The Bertz CT molecular complexity index is 1040. The molecule has 29 heavy (non-hydrogen) atoms. The Balaban J connectivity index is 2.02. The summed E-state index contributed by atoms with van der Waals surface area (Å²) in [5.74, 6) is 0. The highest BCUT2D eigenvalue weighted by Crippen LogP contribution is 2.26. The second-order valence-corrected chi connectivity index (χ2v) is 9.73. The topological polar surface area (TPSA) is 57.6 Å². The maximum Gasteiger partial charge on any atom is 0.243 e. The van der Waals surface area contributed by atoms with E-state index in [-0.39, 0.29) is 18.0 Å². The zero-order valence-electron chi connectivity index (χ0n) is 16.2. The van der Waals surface area contributed by atoms with E-state index >= 15 is 0 Å². The summed E-state index contributed by atoms with van der Waals surface area (Å²) in [4.78, 5) is 0.224. The number of aliphatic hydroxyl groups is 1. The number of sulfonamides is 1. The number of halogens is 1. The van der Waals surface area contributed by atoms with Crippen molar-refractivity contribution in [2.24, 2.45) is 0 Å². The van der Waals surface area contributed by atoms with Crippen molar-refractivity contribution in [3.8, 4) is 0 Å². The zero-order chi connectivity index (χ0) is 20.9. The lowest BCUT2D eigenvalue weighted by atomic mass is 10.1. The lowest BCUT2D eigenvalue weighted by molar-refractivity contribution is 0.182. The van der Waals surface area contributed by atoms with E-state index in [1.807, 2.05) is 61.5 Å². The van der Waals surface area contributed by atoms with Crippen LogP contribution in [0, 0.1) is 6.92 Å². The van der Waals surface area contributed by atoms with Crippen LogP contribution in [-0.4, -0.2) is 30.5 Å². The summed E-state index contributed by atoms with van der Waals surface area (Å²) < 4.78 is 29.3. The van der Waals surface area contributed by atoms with E-state index in [0.29, 0.717) is 6.42 Å². The summed E-state index contributed by atoms with van der Waals surface area (Å²) in [5.41, 5.74) is 2.81. The highest BCUT2D eigenvalue weighted by molar-refractivity contribution is 9.10. The van der Waals surface area contributed by atoms with E-state index < -0.39 is 16.1 Å². The highest BCUT2D eigenvalue weighted by Gasteiger charge is 2.32. The standard InChI is InChI=1S/C23H24BrNO3S/c1-18-11-13-22(14-12-18)29(27,28)25(16-20-9-5-6-10-23(20)24)21(17-26)15-19-7-3-2-4-8-19/h2-14,21,26H,15-17H2,1H3/t21-/m0/s1. The molecular weight excluding hydrogens is 450 g/mol. The first-order valence-electron chi connectivity index (χ1n) is 9.38. The van der Waals surface area contributed by atoms with Crippen LogP contribution < -0.4 is 0 Å². The molecule has 0 radical (unpaired) electrons. The highest BCUT2D eigenvalue weighted by atomic mass is 79.9. The minimum Gasteiger partial charge on any atom is -0.395 e. The van der Waals surface area contributed by atoms with Crippen LogP contribution in [0.25, 0.3) is 0 Å². The van der Waals surface area contributed by atoms with Gasteiger partial charge in [-0.1, -0.05) is 82.2 Å². The van der Waals surface area contributed by atoms with Gasteiger partial charge in [-0.05, 0) is 42.7 Å². The van der Waals surface area contributed by atoms with Crippen molar-refractivity contribution in [2.45, 2.75) is 30.8 Å². The zero-order valence-corrected chi connectivity index (χ0v) is 18.6. The maximum atomic E-state index is 13.5. The lowest BCUT2D eigenvalue weighted by Crippen LogP contribution is -2.43. The van der Waals surface area contributed by atoms with E-state index in [1.54, 1.807) is 24.3 Å². The molecule has 0 amide bonds. The van der Waals surface area contributed by atoms with Gasteiger partial charge in [-0.25, -0.2) is 8.42 Å². The Kier molecular flexibility index (Phi) is 7.24. The average molecular weight is 474 g/mol. The maximum absolute atomic E-state index is 13.5. The molecule has 152 valence electrons. The predicted molar refractivity (Wildman–Crippen MR) is 119 cm³/mol. The minimum absolute atomic E-state index is 0.162. The van der Waals surface area contributed by atoms with E-state index in [1.165, 1.54) is 4.31 Å². The Labute approximate surface area is 181 Å². The molecule has 6 heteroatoms. The van der Waals surface area contributed by atoms with Gasteiger partial charge in [0.25, 0.3) is 0 Å². The van der Waals surface area contributed by atoms with Gasteiger partial charge < -0.3 is 5.11 Å². The van der Waals surface area contributed by atoms with Crippen molar-refractivity contribution in [1.82, 2.24) is 4.31 Å². The number of benzene rings is 3. The molecule has 0 fully saturated rings. The quantitative estimate of drug-likeness (QED) is 0.521. The van der Waals surface area contributed by atoms with Gasteiger partial charge >= 0.3 is 0 Å². The molecule has 0 spiro atoms. The first kappa shape index (κ1) is 21.7. The first-order valence-corrected chi connectivity index (χ1v) is 11.6. The first-order chi connectivity index (χ1) is 13.9. The van der Waals surface area contributed by atoms with Crippen LogP contribution in [0.3, 0.4) is 0 Å². The lowest BCUT2D eigenvalue weighted by Gasteiger charge is -2.30. The second-order valence-electron chi connectivity index (χ2n) is 6.98. The number of aliphatic hydroxyl groups excluding tert-OH is 1. The Morgan fingerprint density at radius 2 is 1.55 bits per heavy atom. The van der Waals surface area contributed by atoms with Gasteiger partial charge in [0.05, 0.1) is 17.5 Å². The predicted octanol–water partition coefficient (Wildman–Crippen LogP) is 4.55. The molecule has 0 bridgehead atoms. The fraction of sp³-hybridized carbons (Fsp3) is 0.217. The number of rotatable bonds is 8. The summed E-state index contributed by atoms with van der Waals surface area (Å²) in [6.07, 6.45) is 0.423. The number of aryl methyl sites for hydroxylation is 1. The van der Waals surface area contributed by atoms with Crippen LogP contribution in [-0.2, 0) is 23.0 Å². The molecule has 0 saturated heterocycles. The summed E-state index contributed by atoms with van der Waals surface area (Å²) >= 11 is 3.51. The SMILES string of the molecule is Cc1ccc(S(=O)(=O)N(Cc2ccccc2Br)[C@H](CO)Cc2ccccc2)cc1. The van der Waals surface area contributed by atoms with E-state index in [4.69, 9.17) is 0 Å². The van der Waals surface area contributed by atoms with Crippen molar-refractivity contribution < 1.29 is 13.5 Å². The third kappa shape index (κ3) is 5.34. The number of hydrogen-bond donors (Lipinski definition) is 1. The Hall–Kier alpha value is -1.99. The molecule has 0 heterocycles. The smallest absolute Gasteiger partial charge is 0.243 e. The summed E-state index contributed by atoms with van der Waals surface area (Å²) in [7, 11) is -3.81. The van der Waals surface area contributed by atoms with Gasteiger partial charge in [-0.15, -0.1) is 0 Å². The van der Waals surface area contributed by atoms with Gasteiger partial charge in [-0.2, -0.15) is 4.31 Å². The van der Waals surface area contributed by atoms with Gasteiger partial charge in [0.15, 0.2) is 0 Å². The van der Waals surface area contributed by atoms with E-state index in [9.17, 15) is 13.5 Å². The van der Waals surface area contributed by atoms with Gasteiger partial charge in [0, 0.05) is 11.0 Å². The van der Waals surface area contributed by atoms with Gasteiger partial charge in [-0.3, -0.25) is 0 Å². The van der Waals surface area contributed by atoms with Gasteiger partial charge in [0.2, 0.25) is 10.0 Å². The molecule has 0 saturated carbocycles. The molecule has 0 aliphatic carbocycles. The van der Waals surface area contributed by atoms with Crippen LogP contribution in [0.5, 0.6) is 0 Å².